The standard InChI is InChI=1S/C19H15N3O2/c23-19(17-10-14-4-1-2-5-15(14)22-17)21-12-13-7-8-16(20-11-13)18-6-3-9-24-18/h1-11,22H,12H2,(H,21,23). The maximum atomic E-state index is 12.3. The summed E-state index contributed by atoms with van der Waals surface area (Å²) < 4.78 is 5.31. The Morgan fingerprint density at radius 3 is 2.79 bits per heavy atom. The van der Waals surface area contributed by atoms with E-state index in [1.165, 1.54) is 0 Å². The lowest BCUT2D eigenvalue weighted by atomic mass is 10.2. The molecule has 5 heteroatoms. The van der Waals surface area contributed by atoms with E-state index >= 15 is 0 Å². The van der Waals surface area contributed by atoms with Crippen LogP contribution in [0, 0.1) is 0 Å². The molecule has 24 heavy (non-hydrogen) atoms. The van der Waals surface area contributed by atoms with E-state index in [0.717, 1.165) is 27.9 Å². The first-order chi connectivity index (χ1) is 11.8. The number of aromatic nitrogens is 2. The molecule has 0 radical (unpaired) electrons. The number of hydrogen-bond acceptors (Lipinski definition) is 3. The maximum Gasteiger partial charge on any atom is 0.267 e. The van der Waals surface area contributed by atoms with Gasteiger partial charge in [0.05, 0.1) is 6.26 Å². The molecule has 0 atom stereocenters. The van der Waals surface area contributed by atoms with Gasteiger partial charge in [-0.25, -0.2) is 0 Å². The molecule has 1 aromatic carbocycles. The van der Waals surface area contributed by atoms with Gasteiger partial charge in [0, 0.05) is 23.6 Å². The molecule has 4 aromatic rings. The van der Waals surface area contributed by atoms with Crippen molar-refractivity contribution in [1.29, 1.82) is 0 Å². The number of pyridine rings is 1. The average Bonchev–Trinajstić information content (AvgIpc) is 3.29. The highest BCUT2D eigenvalue weighted by Gasteiger charge is 2.09. The van der Waals surface area contributed by atoms with Crippen molar-refractivity contribution in [3.05, 3.63) is 78.3 Å². The molecule has 0 saturated heterocycles. The lowest BCUT2D eigenvalue weighted by Crippen LogP contribution is -2.23. The molecule has 0 aliphatic rings. The molecule has 0 aliphatic heterocycles. The number of hydrogen-bond donors (Lipinski definition) is 2. The molecule has 5 nitrogen and oxygen atoms in total. The maximum absolute atomic E-state index is 12.3. The van der Waals surface area contributed by atoms with E-state index in [0.29, 0.717) is 12.2 Å². The second-order valence-corrected chi connectivity index (χ2v) is 5.48. The topological polar surface area (TPSA) is 70.9 Å². The van der Waals surface area contributed by atoms with E-state index in [4.69, 9.17) is 4.42 Å². The van der Waals surface area contributed by atoms with Crippen molar-refractivity contribution >= 4 is 16.8 Å². The third-order valence-corrected chi connectivity index (χ3v) is 3.83. The van der Waals surface area contributed by atoms with Gasteiger partial charge in [-0.1, -0.05) is 24.3 Å². The number of furan rings is 1. The highest BCUT2D eigenvalue weighted by atomic mass is 16.3. The lowest BCUT2D eigenvalue weighted by molar-refractivity contribution is 0.0946. The summed E-state index contributed by atoms with van der Waals surface area (Å²) in [6.07, 6.45) is 3.36. The molecule has 3 heterocycles. The van der Waals surface area contributed by atoms with Crippen LogP contribution in [0.3, 0.4) is 0 Å². The largest absolute Gasteiger partial charge is 0.463 e. The summed E-state index contributed by atoms with van der Waals surface area (Å²) in [7, 11) is 0. The number of rotatable bonds is 4. The van der Waals surface area contributed by atoms with Crippen molar-refractivity contribution in [3.63, 3.8) is 0 Å². The molecule has 118 valence electrons. The molecule has 4 rings (SSSR count). The zero-order valence-corrected chi connectivity index (χ0v) is 12.8. The number of nitrogens with one attached hydrogen (secondary N) is 2. The van der Waals surface area contributed by atoms with Gasteiger partial charge >= 0.3 is 0 Å². The van der Waals surface area contributed by atoms with Crippen LogP contribution in [0.25, 0.3) is 22.4 Å². The molecule has 0 saturated carbocycles. The van der Waals surface area contributed by atoms with Crippen molar-refractivity contribution in [1.82, 2.24) is 15.3 Å². The normalized spacial score (nSPS) is 10.8. The summed E-state index contributed by atoms with van der Waals surface area (Å²) in [6, 6.07) is 17.1. The Morgan fingerprint density at radius 2 is 2.04 bits per heavy atom. The minimum Gasteiger partial charge on any atom is -0.463 e. The summed E-state index contributed by atoms with van der Waals surface area (Å²) in [5.41, 5.74) is 3.20. The number of fused-ring (bicyclic) bond motifs is 1. The summed E-state index contributed by atoms with van der Waals surface area (Å²) >= 11 is 0. The second-order valence-electron chi connectivity index (χ2n) is 5.48. The first-order valence-electron chi connectivity index (χ1n) is 7.64. The van der Waals surface area contributed by atoms with Crippen molar-refractivity contribution < 1.29 is 9.21 Å². The molecule has 0 unspecified atom stereocenters. The number of amides is 1. The van der Waals surface area contributed by atoms with E-state index < -0.39 is 0 Å². The minimum atomic E-state index is -0.138. The van der Waals surface area contributed by atoms with Gasteiger partial charge in [0.25, 0.3) is 5.91 Å². The number of benzene rings is 1. The van der Waals surface area contributed by atoms with E-state index in [-0.39, 0.29) is 5.91 Å². The third-order valence-electron chi connectivity index (χ3n) is 3.83. The number of H-pyrrole nitrogens is 1. The minimum absolute atomic E-state index is 0.138. The monoisotopic (exact) mass is 317 g/mol. The van der Waals surface area contributed by atoms with Crippen molar-refractivity contribution in [2.24, 2.45) is 0 Å². The van der Waals surface area contributed by atoms with Gasteiger partial charge in [-0.3, -0.25) is 9.78 Å². The van der Waals surface area contributed by atoms with Crippen LogP contribution in [0.4, 0.5) is 0 Å². The highest BCUT2D eigenvalue weighted by molar-refractivity contribution is 5.97. The first kappa shape index (κ1) is 14.3. The van der Waals surface area contributed by atoms with Crippen LogP contribution in [0.15, 0.2) is 71.5 Å². The van der Waals surface area contributed by atoms with E-state index in [1.807, 2.05) is 54.6 Å². The van der Waals surface area contributed by atoms with E-state index in [9.17, 15) is 4.79 Å². The lowest BCUT2D eigenvalue weighted by Gasteiger charge is -2.04. The SMILES string of the molecule is O=C(NCc1ccc(-c2ccco2)nc1)c1cc2ccccc2[nH]1. The molecular formula is C19H15N3O2. The zero-order chi connectivity index (χ0) is 16.4. The quantitative estimate of drug-likeness (QED) is 0.602. The van der Waals surface area contributed by atoms with Crippen molar-refractivity contribution in [2.75, 3.05) is 0 Å². The van der Waals surface area contributed by atoms with Crippen LogP contribution in [-0.2, 0) is 6.54 Å². The molecular weight excluding hydrogens is 302 g/mol. The Morgan fingerprint density at radius 1 is 1.12 bits per heavy atom. The highest BCUT2D eigenvalue weighted by Crippen LogP contribution is 2.17. The zero-order valence-electron chi connectivity index (χ0n) is 12.8. The summed E-state index contributed by atoms with van der Waals surface area (Å²) in [5.74, 6) is 0.588. The van der Waals surface area contributed by atoms with Gasteiger partial charge in [-0.05, 0) is 35.9 Å². The molecule has 0 bridgehead atoms. The van der Waals surface area contributed by atoms with Crippen LogP contribution in [0.1, 0.15) is 16.1 Å². The smallest absolute Gasteiger partial charge is 0.267 e. The molecule has 0 aliphatic carbocycles. The Labute approximate surface area is 138 Å². The Kier molecular flexibility index (Phi) is 3.59. The van der Waals surface area contributed by atoms with Gasteiger partial charge in [0.15, 0.2) is 5.76 Å². The number of para-hydroxylation sites is 1. The molecule has 0 spiro atoms. The Bertz CT molecular complexity index is 936. The Hall–Kier alpha value is -3.34. The van der Waals surface area contributed by atoms with E-state index in [1.54, 1.807) is 12.5 Å². The van der Waals surface area contributed by atoms with Crippen molar-refractivity contribution in [2.45, 2.75) is 6.54 Å². The van der Waals surface area contributed by atoms with Crippen molar-refractivity contribution in [3.8, 4) is 11.5 Å². The van der Waals surface area contributed by atoms with Gasteiger partial charge in [-0.15, -0.1) is 0 Å². The second kappa shape index (κ2) is 6.04. The average molecular weight is 317 g/mol. The fourth-order valence-electron chi connectivity index (χ4n) is 2.57. The fraction of sp³-hybridized carbons (Fsp3) is 0.0526. The summed E-state index contributed by atoms with van der Waals surface area (Å²) in [4.78, 5) is 19.7. The van der Waals surface area contributed by atoms with Crippen LogP contribution >= 0.6 is 0 Å². The molecule has 0 fully saturated rings. The van der Waals surface area contributed by atoms with E-state index in [2.05, 4.69) is 15.3 Å². The van der Waals surface area contributed by atoms with Gasteiger partial charge < -0.3 is 14.7 Å². The van der Waals surface area contributed by atoms with Gasteiger partial charge in [-0.2, -0.15) is 0 Å². The molecule has 2 N–H and O–H groups in total. The first-order valence-corrected chi connectivity index (χ1v) is 7.64. The number of carbonyl (C=O) groups is 1. The third kappa shape index (κ3) is 2.79. The van der Waals surface area contributed by atoms with Crippen LogP contribution in [-0.4, -0.2) is 15.9 Å². The van der Waals surface area contributed by atoms with Gasteiger partial charge in [0.1, 0.15) is 11.4 Å². The molecule has 3 aromatic heterocycles. The summed E-state index contributed by atoms with van der Waals surface area (Å²) in [5, 5.41) is 3.92. The fourth-order valence-corrected chi connectivity index (χ4v) is 2.57. The number of carbonyl (C=O) groups excluding carboxylic acids is 1. The Balaban J connectivity index is 1.43. The van der Waals surface area contributed by atoms with Crippen LogP contribution in [0.5, 0.6) is 0 Å². The number of nitrogens with zero attached hydrogens (tertiary/aromatic N) is 1. The predicted octanol–water partition coefficient (Wildman–Crippen LogP) is 3.75. The van der Waals surface area contributed by atoms with Crippen LogP contribution in [0.2, 0.25) is 0 Å². The van der Waals surface area contributed by atoms with Crippen LogP contribution < -0.4 is 5.32 Å². The summed E-state index contributed by atoms with van der Waals surface area (Å²) in [6.45, 7) is 0.416. The number of aromatic amines is 1. The molecule has 1 amide bonds. The van der Waals surface area contributed by atoms with Gasteiger partial charge in [0.2, 0.25) is 0 Å². The predicted molar refractivity (Wildman–Crippen MR) is 91.4 cm³/mol.